The zero-order chi connectivity index (χ0) is 18.7. The van der Waals surface area contributed by atoms with Crippen LogP contribution < -0.4 is 4.74 Å². The van der Waals surface area contributed by atoms with Crippen LogP contribution in [0.1, 0.15) is 12.0 Å². The van der Waals surface area contributed by atoms with E-state index < -0.39 is 15.1 Å². The van der Waals surface area contributed by atoms with E-state index in [0.29, 0.717) is 23.7 Å². The number of rotatable bonds is 5. The number of hydrogen-bond acceptors (Lipinski definition) is 4. The fourth-order valence-electron chi connectivity index (χ4n) is 2.97. The summed E-state index contributed by atoms with van der Waals surface area (Å²) in [6, 6.07) is 13.6. The lowest BCUT2D eigenvalue weighted by atomic mass is 10.2. The van der Waals surface area contributed by atoms with Crippen LogP contribution in [0.3, 0.4) is 0 Å². The fourth-order valence-corrected chi connectivity index (χ4v) is 4.79. The number of carbonyl (C=O) groups is 1. The van der Waals surface area contributed by atoms with E-state index >= 15 is 0 Å². The van der Waals surface area contributed by atoms with Crippen LogP contribution in [0.4, 0.5) is 0 Å². The van der Waals surface area contributed by atoms with Crippen molar-refractivity contribution in [2.24, 2.45) is 0 Å². The van der Waals surface area contributed by atoms with E-state index in [4.69, 9.17) is 16.3 Å². The van der Waals surface area contributed by atoms with Gasteiger partial charge in [-0.05, 0) is 49.2 Å². The number of para-hydroxylation sites is 1. The topological polar surface area (TPSA) is 63.7 Å². The standard InChI is InChI=1S/C19H20ClNO4S/c1-14-4-2-3-5-18(14)25-13-19(22)21-11-10-17(12-21)26(23,24)16-8-6-15(20)7-9-16/h2-9,17H,10-13H2,1H3. The van der Waals surface area contributed by atoms with Crippen molar-refractivity contribution in [2.45, 2.75) is 23.5 Å². The molecule has 3 rings (SSSR count). The molecule has 7 heteroatoms. The van der Waals surface area contributed by atoms with Crippen molar-refractivity contribution in [3.05, 3.63) is 59.1 Å². The Morgan fingerprint density at radius 3 is 2.58 bits per heavy atom. The second-order valence-electron chi connectivity index (χ2n) is 6.30. The number of hydrogen-bond donors (Lipinski definition) is 0. The number of aryl methyl sites for hydroxylation is 1. The smallest absolute Gasteiger partial charge is 0.260 e. The van der Waals surface area contributed by atoms with Gasteiger partial charge in [-0.3, -0.25) is 4.79 Å². The molecule has 26 heavy (non-hydrogen) atoms. The number of sulfone groups is 1. The zero-order valence-electron chi connectivity index (χ0n) is 14.4. The van der Waals surface area contributed by atoms with Gasteiger partial charge in [-0.2, -0.15) is 0 Å². The Hall–Kier alpha value is -2.05. The highest BCUT2D eigenvalue weighted by atomic mass is 35.5. The third kappa shape index (κ3) is 4.02. The van der Waals surface area contributed by atoms with Crippen LogP contribution in [0.2, 0.25) is 5.02 Å². The average molecular weight is 394 g/mol. The lowest BCUT2D eigenvalue weighted by molar-refractivity contribution is -0.132. The summed E-state index contributed by atoms with van der Waals surface area (Å²) < 4.78 is 31.0. The van der Waals surface area contributed by atoms with Gasteiger partial charge in [0.25, 0.3) is 5.91 Å². The summed E-state index contributed by atoms with van der Waals surface area (Å²) in [5.74, 6) is 0.451. The number of ether oxygens (including phenoxy) is 1. The maximum Gasteiger partial charge on any atom is 0.260 e. The molecule has 0 aromatic heterocycles. The molecule has 1 heterocycles. The molecular formula is C19H20ClNO4S. The maximum absolute atomic E-state index is 12.7. The molecular weight excluding hydrogens is 374 g/mol. The molecule has 1 atom stereocenters. The third-order valence-corrected chi connectivity index (χ3v) is 6.97. The highest BCUT2D eigenvalue weighted by Crippen LogP contribution is 2.25. The van der Waals surface area contributed by atoms with Gasteiger partial charge in [0.15, 0.2) is 16.4 Å². The minimum atomic E-state index is -3.49. The number of benzene rings is 2. The summed E-state index contributed by atoms with van der Waals surface area (Å²) in [6.45, 7) is 2.40. The molecule has 1 amide bonds. The van der Waals surface area contributed by atoms with E-state index in [9.17, 15) is 13.2 Å². The maximum atomic E-state index is 12.7. The van der Waals surface area contributed by atoms with Crippen LogP contribution >= 0.6 is 11.6 Å². The van der Waals surface area contributed by atoms with Crippen molar-refractivity contribution in [1.29, 1.82) is 0 Å². The molecule has 0 bridgehead atoms. The molecule has 0 radical (unpaired) electrons. The molecule has 0 aliphatic carbocycles. The monoisotopic (exact) mass is 393 g/mol. The Labute approximate surface area is 158 Å². The first kappa shape index (κ1) is 18.7. The Bertz CT molecular complexity index is 896. The Balaban J connectivity index is 1.62. The van der Waals surface area contributed by atoms with Crippen LogP contribution in [0.15, 0.2) is 53.4 Å². The average Bonchev–Trinajstić information content (AvgIpc) is 3.12. The van der Waals surface area contributed by atoms with Gasteiger partial charge in [0.05, 0.1) is 10.1 Å². The van der Waals surface area contributed by atoms with E-state index in [1.54, 1.807) is 23.1 Å². The highest BCUT2D eigenvalue weighted by Gasteiger charge is 2.36. The Morgan fingerprint density at radius 1 is 1.19 bits per heavy atom. The number of nitrogens with zero attached hydrogens (tertiary/aromatic N) is 1. The van der Waals surface area contributed by atoms with Gasteiger partial charge in [-0.25, -0.2) is 8.42 Å². The SMILES string of the molecule is Cc1ccccc1OCC(=O)N1CCC(S(=O)(=O)c2ccc(Cl)cc2)C1. The molecule has 5 nitrogen and oxygen atoms in total. The lowest BCUT2D eigenvalue weighted by Crippen LogP contribution is -2.35. The first-order chi connectivity index (χ1) is 12.4. The quantitative estimate of drug-likeness (QED) is 0.783. The van der Waals surface area contributed by atoms with Gasteiger partial charge in [0.2, 0.25) is 0 Å². The van der Waals surface area contributed by atoms with Gasteiger partial charge in [-0.15, -0.1) is 0 Å². The summed E-state index contributed by atoms with van der Waals surface area (Å²) in [5.41, 5.74) is 0.949. The molecule has 1 aliphatic rings. The molecule has 2 aromatic rings. The summed E-state index contributed by atoms with van der Waals surface area (Å²) in [4.78, 5) is 14.2. The van der Waals surface area contributed by atoms with Crippen molar-refractivity contribution in [3.8, 4) is 5.75 Å². The van der Waals surface area contributed by atoms with E-state index in [2.05, 4.69) is 0 Å². The molecule has 0 spiro atoms. The lowest BCUT2D eigenvalue weighted by Gasteiger charge is -2.17. The largest absolute Gasteiger partial charge is 0.484 e. The van der Waals surface area contributed by atoms with Crippen LogP contribution in [-0.4, -0.2) is 44.2 Å². The van der Waals surface area contributed by atoms with E-state index in [1.165, 1.54) is 12.1 Å². The Kier molecular flexibility index (Phi) is 5.53. The first-order valence-corrected chi connectivity index (χ1v) is 10.3. The number of carbonyl (C=O) groups excluding carboxylic acids is 1. The van der Waals surface area contributed by atoms with Crippen LogP contribution in [0.5, 0.6) is 5.75 Å². The van der Waals surface area contributed by atoms with Gasteiger partial charge in [0.1, 0.15) is 5.75 Å². The molecule has 0 N–H and O–H groups in total. The van der Waals surface area contributed by atoms with Crippen molar-refractivity contribution >= 4 is 27.3 Å². The van der Waals surface area contributed by atoms with Crippen molar-refractivity contribution in [1.82, 2.24) is 4.90 Å². The van der Waals surface area contributed by atoms with E-state index in [1.807, 2.05) is 25.1 Å². The third-order valence-electron chi connectivity index (χ3n) is 4.52. The molecule has 1 saturated heterocycles. The van der Waals surface area contributed by atoms with Crippen molar-refractivity contribution in [2.75, 3.05) is 19.7 Å². The summed E-state index contributed by atoms with van der Waals surface area (Å²) in [5, 5.41) is -0.119. The highest BCUT2D eigenvalue weighted by molar-refractivity contribution is 7.92. The van der Waals surface area contributed by atoms with Crippen LogP contribution in [-0.2, 0) is 14.6 Å². The zero-order valence-corrected chi connectivity index (χ0v) is 16.0. The van der Waals surface area contributed by atoms with E-state index in [-0.39, 0.29) is 24.0 Å². The second-order valence-corrected chi connectivity index (χ2v) is 8.97. The summed E-state index contributed by atoms with van der Waals surface area (Å²) >= 11 is 5.82. The van der Waals surface area contributed by atoms with Gasteiger partial charge >= 0.3 is 0 Å². The van der Waals surface area contributed by atoms with Gasteiger partial charge in [0, 0.05) is 18.1 Å². The molecule has 1 fully saturated rings. The van der Waals surface area contributed by atoms with Gasteiger partial charge in [-0.1, -0.05) is 29.8 Å². The Morgan fingerprint density at radius 2 is 1.88 bits per heavy atom. The van der Waals surface area contributed by atoms with Crippen molar-refractivity contribution < 1.29 is 17.9 Å². The molecule has 1 unspecified atom stereocenters. The molecule has 0 saturated carbocycles. The van der Waals surface area contributed by atoms with E-state index in [0.717, 1.165) is 5.56 Å². The fraction of sp³-hybridized carbons (Fsp3) is 0.316. The predicted octanol–water partition coefficient (Wildman–Crippen LogP) is 3.10. The second kappa shape index (κ2) is 7.68. The van der Waals surface area contributed by atoms with Crippen molar-refractivity contribution in [3.63, 3.8) is 0 Å². The number of amides is 1. The summed E-state index contributed by atoms with van der Waals surface area (Å²) in [7, 11) is -3.49. The van der Waals surface area contributed by atoms with Crippen LogP contribution in [0.25, 0.3) is 0 Å². The van der Waals surface area contributed by atoms with Gasteiger partial charge < -0.3 is 9.64 Å². The number of halogens is 1. The minimum Gasteiger partial charge on any atom is -0.484 e. The molecule has 1 aliphatic heterocycles. The number of likely N-dealkylation sites (tertiary alicyclic amines) is 1. The molecule has 2 aromatic carbocycles. The molecule has 138 valence electrons. The minimum absolute atomic E-state index is 0.0986. The predicted molar refractivity (Wildman–Crippen MR) is 100 cm³/mol. The van der Waals surface area contributed by atoms with Crippen LogP contribution in [0, 0.1) is 6.92 Å². The first-order valence-electron chi connectivity index (χ1n) is 8.33. The normalized spacial score (nSPS) is 17.3. The summed E-state index contributed by atoms with van der Waals surface area (Å²) in [6.07, 6.45) is 0.418.